The van der Waals surface area contributed by atoms with Gasteiger partial charge in [-0.2, -0.15) is 5.10 Å². The van der Waals surface area contributed by atoms with E-state index in [0.29, 0.717) is 11.4 Å². The molecule has 0 saturated heterocycles. The van der Waals surface area contributed by atoms with Crippen LogP contribution in [0.25, 0.3) is 0 Å². The molecule has 0 spiro atoms. The summed E-state index contributed by atoms with van der Waals surface area (Å²) < 4.78 is 1.73. The molecular formula is C14H18N4O2. The zero-order chi connectivity index (χ0) is 14.5. The van der Waals surface area contributed by atoms with Crippen molar-refractivity contribution in [1.29, 1.82) is 0 Å². The Bertz CT molecular complexity index is 592. The number of rotatable bonds is 4. The Morgan fingerprint density at radius 3 is 2.80 bits per heavy atom. The van der Waals surface area contributed by atoms with Crippen molar-refractivity contribution in [2.45, 2.75) is 26.5 Å². The minimum absolute atomic E-state index is 0.344. The van der Waals surface area contributed by atoms with Crippen molar-refractivity contribution >= 4 is 17.4 Å². The summed E-state index contributed by atoms with van der Waals surface area (Å²) in [7, 11) is 0. The van der Waals surface area contributed by atoms with Crippen molar-refractivity contribution < 1.29 is 9.90 Å². The Morgan fingerprint density at radius 1 is 1.40 bits per heavy atom. The van der Waals surface area contributed by atoms with Crippen LogP contribution in [-0.2, 0) is 6.54 Å². The number of aliphatic hydroxyl groups is 1. The fourth-order valence-electron chi connectivity index (χ4n) is 1.77. The average molecular weight is 274 g/mol. The molecule has 6 nitrogen and oxygen atoms in total. The van der Waals surface area contributed by atoms with E-state index in [1.807, 2.05) is 6.92 Å². The van der Waals surface area contributed by atoms with Crippen LogP contribution in [0.1, 0.15) is 25.5 Å². The maximum atomic E-state index is 11.8. The third-order valence-electron chi connectivity index (χ3n) is 2.84. The largest absolute Gasteiger partial charge is 0.389 e. The molecule has 6 heteroatoms. The molecule has 0 aliphatic carbocycles. The van der Waals surface area contributed by atoms with Gasteiger partial charge in [0.2, 0.25) is 0 Å². The van der Waals surface area contributed by atoms with Crippen LogP contribution in [0.5, 0.6) is 0 Å². The summed E-state index contributed by atoms with van der Waals surface area (Å²) in [6, 6.07) is 6.75. The molecule has 0 fully saturated rings. The summed E-state index contributed by atoms with van der Waals surface area (Å²) in [6.45, 7) is 4.40. The predicted molar refractivity (Wildman–Crippen MR) is 77.6 cm³/mol. The average Bonchev–Trinajstić information content (AvgIpc) is 2.86. The Kier molecular flexibility index (Phi) is 4.37. The molecule has 2 aromatic rings. The first-order valence-electron chi connectivity index (χ1n) is 6.47. The highest BCUT2D eigenvalue weighted by Crippen LogP contribution is 2.17. The Labute approximate surface area is 117 Å². The van der Waals surface area contributed by atoms with Gasteiger partial charge in [-0.25, -0.2) is 4.79 Å². The van der Waals surface area contributed by atoms with Gasteiger partial charge in [-0.1, -0.05) is 12.1 Å². The number of benzene rings is 1. The van der Waals surface area contributed by atoms with E-state index in [0.717, 1.165) is 12.1 Å². The van der Waals surface area contributed by atoms with Crippen molar-refractivity contribution in [2.75, 3.05) is 10.6 Å². The zero-order valence-corrected chi connectivity index (χ0v) is 11.5. The van der Waals surface area contributed by atoms with E-state index in [1.54, 1.807) is 48.3 Å². The summed E-state index contributed by atoms with van der Waals surface area (Å²) in [6.07, 6.45) is 2.78. The normalized spacial score (nSPS) is 11.9. The van der Waals surface area contributed by atoms with Crippen molar-refractivity contribution in [3.8, 4) is 0 Å². The number of aryl methyl sites for hydroxylation is 1. The van der Waals surface area contributed by atoms with Crippen LogP contribution in [-0.4, -0.2) is 20.9 Å². The van der Waals surface area contributed by atoms with Gasteiger partial charge in [0, 0.05) is 18.4 Å². The monoisotopic (exact) mass is 274 g/mol. The molecule has 106 valence electrons. The lowest BCUT2D eigenvalue weighted by Gasteiger charge is -2.09. The number of aliphatic hydroxyl groups excluding tert-OH is 1. The highest BCUT2D eigenvalue weighted by Gasteiger charge is 2.06. The van der Waals surface area contributed by atoms with E-state index >= 15 is 0 Å². The first-order chi connectivity index (χ1) is 9.58. The minimum Gasteiger partial charge on any atom is -0.389 e. The van der Waals surface area contributed by atoms with Gasteiger partial charge < -0.3 is 15.7 Å². The SMILES string of the molecule is CCn1cc(NC(=O)Nc2cccc(C(C)O)c2)cn1. The molecule has 1 heterocycles. The first-order valence-corrected chi connectivity index (χ1v) is 6.47. The summed E-state index contributed by atoms with van der Waals surface area (Å²) in [5, 5.41) is 19.0. The standard InChI is InChI=1S/C14H18N4O2/c1-3-18-9-13(8-15-18)17-14(20)16-12-6-4-5-11(7-12)10(2)19/h4-10,19H,3H2,1-2H3,(H2,16,17,20). The van der Waals surface area contributed by atoms with E-state index < -0.39 is 6.10 Å². The molecule has 1 unspecified atom stereocenters. The lowest BCUT2D eigenvalue weighted by molar-refractivity contribution is 0.199. The predicted octanol–water partition coefficient (Wildman–Crippen LogP) is 2.60. The maximum absolute atomic E-state index is 11.8. The summed E-state index contributed by atoms with van der Waals surface area (Å²) in [4.78, 5) is 11.8. The van der Waals surface area contributed by atoms with E-state index in [1.165, 1.54) is 0 Å². The number of carbonyl (C=O) groups excluding carboxylic acids is 1. The summed E-state index contributed by atoms with van der Waals surface area (Å²) >= 11 is 0. The molecule has 2 rings (SSSR count). The van der Waals surface area contributed by atoms with E-state index in [2.05, 4.69) is 15.7 Å². The van der Waals surface area contributed by atoms with Gasteiger partial charge in [0.25, 0.3) is 0 Å². The van der Waals surface area contributed by atoms with E-state index in [4.69, 9.17) is 0 Å². The van der Waals surface area contributed by atoms with Crippen molar-refractivity contribution in [1.82, 2.24) is 9.78 Å². The highest BCUT2D eigenvalue weighted by atomic mass is 16.3. The number of amides is 2. The molecule has 20 heavy (non-hydrogen) atoms. The van der Waals surface area contributed by atoms with E-state index in [-0.39, 0.29) is 6.03 Å². The molecular weight excluding hydrogens is 256 g/mol. The van der Waals surface area contributed by atoms with Crippen LogP contribution in [0.4, 0.5) is 16.2 Å². The zero-order valence-electron chi connectivity index (χ0n) is 11.5. The van der Waals surface area contributed by atoms with Crippen LogP contribution in [0.3, 0.4) is 0 Å². The van der Waals surface area contributed by atoms with Crippen LogP contribution in [0, 0.1) is 0 Å². The number of carbonyl (C=O) groups is 1. The number of hydrogen-bond donors (Lipinski definition) is 3. The number of urea groups is 1. The van der Waals surface area contributed by atoms with Crippen LogP contribution < -0.4 is 10.6 Å². The lowest BCUT2D eigenvalue weighted by atomic mass is 10.1. The molecule has 1 atom stereocenters. The summed E-state index contributed by atoms with van der Waals surface area (Å²) in [5.41, 5.74) is 2.02. The second-order valence-corrected chi connectivity index (χ2v) is 4.47. The van der Waals surface area contributed by atoms with Gasteiger partial charge in [-0.3, -0.25) is 4.68 Å². The lowest BCUT2D eigenvalue weighted by Crippen LogP contribution is -2.19. The van der Waals surface area contributed by atoms with Crippen LogP contribution in [0.15, 0.2) is 36.7 Å². The third kappa shape index (κ3) is 3.58. The van der Waals surface area contributed by atoms with Crippen LogP contribution in [0.2, 0.25) is 0 Å². The maximum Gasteiger partial charge on any atom is 0.323 e. The molecule has 1 aromatic carbocycles. The second kappa shape index (κ2) is 6.21. The smallest absolute Gasteiger partial charge is 0.323 e. The van der Waals surface area contributed by atoms with Gasteiger partial charge in [0.05, 0.1) is 18.0 Å². The highest BCUT2D eigenvalue weighted by molar-refractivity contribution is 5.99. The minimum atomic E-state index is -0.567. The number of aromatic nitrogens is 2. The number of nitrogens with one attached hydrogen (secondary N) is 2. The molecule has 0 saturated carbocycles. The van der Waals surface area contributed by atoms with Gasteiger partial charge >= 0.3 is 6.03 Å². The molecule has 0 aliphatic rings. The quantitative estimate of drug-likeness (QED) is 0.801. The molecule has 0 bridgehead atoms. The van der Waals surface area contributed by atoms with Crippen molar-refractivity contribution in [2.24, 2.45) is 0 Å². The molecule has 1 aromatic heterocycles. The van der Waals surface area contributed by atoms with Gasteiger partial charge in [0.15, 0.2) is 0 Å². The third-order valence-corrected chi connectivity index (χ3v) is 2.84. The topological polar surface area (TPSA) is 79.2 Å². The molecule has 0 radical (unpaired) electrons. The Balaban J connectivity index is 1.99. The molecule has 3 N–H and O–H groups in total. The van der Waals surface area contributed by atoms with Gasteiger partial charge in [0.1, 0.15) is 0 Å². The first kappa shape index (κ1) is 14.1. The van der Waals surface area contributed by atoms with Gasteiger partial charge in [-0.05, 0) is 31.5 Å². The Morgan fingerprint density at radius 2 is 2.15 bits per heavy atom. The van der Waals surface area contributed by atoms with Crippen molar-refractivity contribution in [3.05, 3.63) is 42.2 Å². The number of nitrogens with zero attached hydrogens (tertiary/aromatic N) is 2. The number of anilines is 2. The summed E-state index contributed by atoms with van der Waals surface area (Å²) in [5.74, 6) is 0. The van der Waals surface area contributed by atoms with Crippen molar-refractivity contribution in [3.63, 3.8) is 0 Å². The fraction of sp³-hybridized carbons (Fsp3) is 0.286. The van der Waals surface area contributed by atoms with Gasteiger partial charge in [-0.15, -0.1) is 0 Å². The second-order valence-electron chi connectivity index (χ2n) is 4.47. The van der Waals surface area contributed by atoms with E-state index in [9.17, 15) is 9.90 Å². The molecule has 2 amide bonds. The fourth-order valence-corrected chi connectivity index (χ4v) is 1.77. The molecule has 0 aliphatic heterocycles. The number of hydrogen-bond acceptors (Lipinski definition) is 3. The van der Waals surface area contributed by atoms with Crippen LogP contribution >= 0.6 is 0 Å². The Hall–Kier alpha value is -2.34.